The minimum absolute atomic E-state index is 0.0676. The van der Waals surface area contributed by atoms with Crippen LogP contribution in [-0.2, 0) is 4.79 Å². The third kappa shape index (κ3) is 3.93. The lowest BCUT2D eigenvalue weighted by atomic mass is 10.1. The molecular formula is C12H14N4OS2. The highest BCUT2D eigenvalue weighted by Crippen LogP contribution is 2.23. The molecule has 3 N–H and O–H groups in total. The van der Waals surface area contributed by atoms with Crippen LogP contribution in [0.1, 0.15) is 11.1 Å². The van der Waals surface area contributed by atoms with Crippen molar-refractivity contribution in [3.63, 3.8) is 0 Å². The summed E-state index contributed by atoms with van der Waals surface area (Å²) in [6.45, 7) is 4.06. The van der Waals surface area contributed by atoms with Gasteiger partial charge in [-0.1, -0.05) is 29.2 Å². The second-order valence-electron chi connectivity index (χ2n) is 4.04. The van der Waals surface area contributed by atoms with E-state index in [2.05, 4.69) is 15.5 Å². The molecule has 0 aliphatic heterocycles. The Labute approximate surface area is 119 Å². The highest BCUT2D eigenvalue weighted by atomic mass is 32.2. The summed E-state index contributed by atoms with van der Waals surface area (Å²) in [6.07, 6.45) is 0. The monoisotopic (exact) mass is 294 g/mol. The average molecular weight is 294 g/mol. The number of aromatic nitrogens is 2. The Morgan fingerprint density at radius 3 is 2.79 bits per heavy atom. The van der Waals surface area contributed by atoms with Crippen molar-refractivity contribution < 1.29 is 4.79 Å². The zero-order valence-electron chi connectivity index (χ0n) is 10.6. The molecule has 0 radical (unpaired) electrons. The molecule has 1 aromatic heterocycles. The third-order valence-electron chi connectivity index (χ3n) is 2.54. The fourth-order valence-electron chi connectivity index (χ4n) is 1.42. The Hall–Kier alpha value is -1.60. The normalized spacial score (nSPS) is 10.4. The summed E-state index contributed by atoms with van der Waals surface area (Å²) in [6, 6.07) is 5.85. The molecule has 0 aliphatic carbocycles. The predicted molar refractivity (Wildman–Crippen MR) is 79.6 cm³/mol. The van der Waals surface area contributed by atoms with E-state index in [4.69, 9.17) is 5.73 Å². The topological polar surface area (TPSA) is 80.9 Å². The molecule has 0 saturated carbocycles. The largest absolute Gasteiger partial charge is 0.374 e. The van der Waals surface area contributed by atoms with Gasteiger partial charge in [-0.3, -0.25) is 4.79 Å². The van der Waals surface area contributed by atoms with Gasteiger partial charge in [-0.2, -0.15) is 0 Å². The number of anilines is 2. The van der Waals surface area contributed by atoms with Gasteiger partial charge in [-0.25, -0.2) is 0 Å². The van der Waals surface area contributed by atoms with Gasteiger partial charge in [-0.05, 0) is 37.1 Å². The van der Waals surface area contributed by atoms with Crippen LogP contribution in [0.2, 0.25) is 0 Å². The van der Waals surface area contributed by atoms with Crippen LogP contribution in [-0.4, -0.2) is 21.9 Å². The number of hydrogen-bond donors (Lipinski definition) is 2. The van der Waals surface area contributed by atoms with Crippen molar-refractivity contribution in [1.29, 1.82) is 0 Å². The van der Waals surface area contributed by atoms with Crippen LogP contribution in [0, 0.1) is 13.8 Å². The summed E-state index contributed by atoms with van der Waals surface area (Å²) in [5.41, 5.74) is 8.64. The quantitative estimate of drug-likeness (QED) is 0.847. The molecular weight excluding hydrogens is 280 g/mol. The second kappa shape index (κ2) is 6.03. The molecule has 0 atom stereocenters. The molecule has 0 saturated heterocycles. The van der Waals surface area contributed by atoms with Crippen LogP contribution >= 0.6 is 23.1 Å². The molecule has 0 unspecified atom stereocenters. The van der Waals surface area contributed by atoms with Crippen LogP contribution in [0.15, 0.2) is 22.5 Å². The molecule has 0 fully saturated rings. The van der Waals surface area contributed by atoms with Crippen molar-refractivity contribution in [3.8, 4) is 0 Å². The van der Waals surface area contributed by atoms with Crippen molar-refractivity contribution in [2.75, 3.05) is 16.8 Å². The van der Waals surface area contributed by atoms with E-state index in [-0.39, 0.29) is 5.91 Å². The highest BCUT2D eigenvalue weighted by molar-refractivity contribution is 8.01. The molecule has 1 amide bonds. The average Bonchev–Trinajstić information content (AvgIpc) is 2.77. The van der Waals surface area contributed by atoms with Gasteiger partial charge in [0.15, 0.2) is 4.34 Å². The molecule has 0 bridgehead atoms. The molecule has 0 spiro atoms. The molecule has 2 rings (SSSR count). The summed E-state index contributed by atoms with van der Waals surface area (Å²) in [5.74, 6) is 0.226. The zero-order valence-corrected chi connectivity index (χ0v) is 12.3. The number of nitrogens with two attached hydrogens (primary N) is 1. The van der Waals surface area contributed by atoms with Crippen molar-refractivity contribution >= 4 is 39.8 Å². The van der Waals surface area contributed by atoms with Gasteiger partial charge in [0.25, 0.3) is 0 Å². The van der Waals surface area contributed by atoms with E-state index in [0.717, 1.165) is 11.3 Å². The molecule has 100 valence electrons. The number of carbonyl (C=O) groups is 1. The van der Waals surface area contributed by atoms with Gasteiger partial charge in [0.2, 0.25) is 11.0 Å². The van der Waals surface area contributed by atoms with E-state index < -0.39 is 0 Å². The number of nitrogens with one attached hydrogen (secondary N) is 1. The van der Waals surface area contributed by atoms with E-state index in [0.29, 0.717) is 15.2 Å². The maximum absolute atomic E-state index is 11.8. The SMILES string of the molecule is Cc1ccc(NC(=O)CSc2nnc(N)s2)cc1C. The van der Waals surface area contributed by atoms with Gasteiger partial charge >= 0.3 is 0 Å². The van der Waals surface area contributed by atoms with E-state index in [9.17, 15) is 4.79 Å². The first-order valence-electron chi connectivity index (χ1n) is 5.63. The van der Waals surface area contributed by atoms with Crippen LogP contribution in [0.25, 0.3) is 0 Å². The molecule has 7 heteroatoms. The summed E-state index contributed by atoms with van der Waals surface area (Å²) in [4.78, 5) is 11.8. The van der Waals surface area contributed by atoms with Crippen molar-refractivity contribution in [3.05, 3.63) is 29.3 Å². The summed E-state index contributed by atoms with van der Waals surface area (Å²) in [5, 5.41) is 10.8. The number of hydrogen-bond acceptors (Lipinski definition) is 6. The van der Waals surface area contributed by atoms with E-state index in [1.165, 1.54) is 28.7 Å². The minimum atomic E-state index is -0.0676. The van der Waals surface area contributed by atoms with Gasteiger partial charge < -0.3 is 11.1 Å². The highest BCUT2D eigenvalue weighted by Gasteiger charge is 2.07. The van der Waals surface area contributed by atoms with Gasteiger partial charge in [0, 0.05) is 5.69 Å². The van der Waals surface area contributed by atoms with E-state index >= 15 is 0 Å². The van der Waals surface area contributed by atoms with Crippen molar-refractivity contribution in [2.24, 2.45) is 0 Å². The van der Waals surface area contributed by atoms with Gasteiger partial charge in [-0.15, -0.1) is 10.2 Å². The van der Waals surface area contributed by atoms with Crippen LogP contribution in [0.5, 0.6) is 0 Å². The lowest BCUT2D eigenvalue weighted by molar-refractivity contribution is -0.113. The van der Waals surface area contributed by atoms with Crippen LogP contribution in [0.3, 0.4) is 0 Å². The standard InChI is InChI=1S/C12H14N4OS2/c1-7-3-4-9(5-8(7)2)14-10(17)6-18-12-16-15-11(13)19-12/h3-5H,6H2,1-2H3,(H2,13,15)(H,14,17). The Bertz CT molecular complexity index is 597. The first-order chi connectivity index (χ1) is 9.04. The first-order valence-corrected chi connectivity index (χ1v) is 7.43. The second-order valence-corrected chi connectivity index (χ2v) is 6.27. The molecule has 19 heavy (non-hydrogen) atoms. The first kappa shape index (κ1) is 13.8. The summed E-state index contributed by atoms with van der Waals surface area (Å²) < 4.78 is 0.702. The molecule has 2 aromatic rings. The van der Waals surface area contributed by atoms with Crippen molar-refractivity contribution in [2.45, 2.75) is 18.2 Å². The Morgan fingerprint density at radius 2 is 2.16 bits per heavy atom. The fourth-order valence-corrected chi connectivity index (χ4v) is 2.86. The number of carbonyl (C=O) groups excluding carboxylic acids is 1. The number of nitrogens with zero attached hydrogens (tertiary/aromatic N) is 2. The lowest BCUT2D eigenvalue weighted by Crippen LogP contribution is -2.14. The van der Waals surface area contributed by atoms with Gasteiger partial charge in [0.1, 0.15) is 0 Å². The maximum Gasteiger partial charge on any atom is 0.234 e. The fraction of sp³-hybridized carbons (Fsp3) is 0.250. The zero-order chi connectivity index (χ0) is 13.8. The minimum Gasteiger partial charge on any atom is -0.374 e. The Balaban J connectivity index is 1.88. The Morgan fingerprint density at radius 1 is 1.37 bits per heavy atom. The van der Waals surface area contributed by atoms with Crippen LogP contribution in [0.4, 0.5) is 10.8 Å². The molecule has 0 aliphatic rings. The number of nitrogen functional groups attached to an aromatic ring is 1. The number of thioether (sulfide) groups is 1. The summed E-state index contributed by atoms with van der Waals surface area (Å²) >= 11 is 2.61. The lowest BCUT2D eigenvalue weighted by Gasteiger charge is -2.06. The predicted octanol–water partition coefficient (Wildman–Crippen LogP) is 2.47. The van der Waals surface area contributed by atoms with Crippen molar-refractivity contribution in [1.82, 2.24) is 10.2 Å². The smallest absolute Gasteiger partial charge is 0.234 e. The van der Waals surface area contributed by atoms with Gasteiger partial charge in [0.05, 0.1) is 5.75 Å². The number of amides is 1. The maximum atomic E-state index is 11.8. The number of aryl methyl sites for hydroxylation is 2. The van der Waals surface area contributed by atoms with E-state index in [1.54, 1.807) is 0 Å². The Kier molecular flexibility index (Phi) is 4.39. The third-order valence-corrected chi connectivity index (χ3v) is 4.43. The molecule has 1 aromatic carbocycles. The van der Waals surface area contributed by atoms with E-state index in [1.807, 2.05) is 32.0 Å². The number of rotatable bonds is 4. The summed E-state index contributed by atoms with van der Waals surface area (Å²) in [7, 11) is 0. The van der Waals surface area contributed by atoms with Crippen LogP contribution < -0.4 is 11.1 Å². The molecule has 1 heterocycles. The number of benzene rings is 1. The molecule has 5 nitrogen and oxygen atoms in total.